The van der Waals surface area contributed by atoms with E-state index in [0.717, 1.165) is 80.7 Å². The third-order valence-electron chi connectivity index (χ3n) is 20.6. The molecule has 7 aliphatic rings. The number of aromatic amines is 3. The predicted molar refractivity (Wildman–Crippen MR) is 393 cm³/mol. The summed E-state index contributed by atoms with van der Waals surface area (Å²) in [5.74, 6) is 4.69. The highest BCUT2D eigenvalue weighted by Crippen LogP contribution is 2.38. The van der Waals surface area contributed by atoms with E-state index in [-0.39, 0.29) is 65.2 Å². The molecular weight excluding hydrogens is 1340 g/mol. The van der Waals surface area contributed by atoms with E-state index in [9.17, 15) is 33.2 Å². The summed E-state index contributed by atoms with van der Waals surface area (Å²) in [6.45, 7) is 16.3. The first-order valence-electron chi connectivity index (χ1n) is 37.2. The van der Waals surface area contributed by atoms with E-state index in [0.29, 0.717) is 132 Å². The Morgan fingerprint density at radius 3 is 1.56 bits per heavy atom. The first kappa shape index (κ1) is 73.6. The van der Waals surface area contributed by atoms with Crippen LogP contribution in [-0.2, 0) is 38.2 Å². The smallest absolute Gasteiger partial charge is 0.410 e. The van der Waals surface area contributed by atoms with Crippen molar-refractivity contribution < 1.29 is 42.5 Å². The molecule has 0 spiro atoms. The Labute approximate surface area is 607 Å². The maximum Gasteiger partial charge on any atom is 0.410 e. The Bertz CT molecular complexity index is 4730. The Hall–Kier alpha value is -9.70. The number of methoxy groups -OCH3 is 1. The van der Waals surface area contributed by atoms with Gasteiger partial charge in [-0.3, -0.25) is 19.2 Å². The van der Waals surface area contributed by atoms with Crippen LogP contribution in [0.1, 0.15) is 207 Å². The van der Waals surface area contributed by atoms with E-state index in [1.165, 1.54) is 44.9 Å². The topological polar surface area (TPSA) is 312 Å². The van der Waals surface area contributed by atoms with Crippen LogP contribution in [0.2, 0.25) is 0 Å². The summed E-state index contributed by atoms with van der Waals surface area (Å²) >= 11 is 0. The van der Waals surface area contributed by atoms with Gasteiger partial charge in [0, 0.05) is 84.1 Å². The molecule has 3 unspecified atom stereocenters. The van der Waals surface area contributed by atoms with Crippen molar-refractivity contribution in [3.63, 3.8) is 0 Å². The minimum Gasteiger partial charge on any atom is -0.497 e. The Balaban J connectivity index is 0.000000124. The minimum absolute atomic E-state index is 0.000807. The standard InChI is InChI=1S/C21H31N5O3.C19H19FN2O2.C19H27N5O3.C18H20N4O3/c1-21(2,3)29-20(28)25-10-6-9-15(13-25)26-18-16(12-22-26)19(27)24-17(23-18)11-14-7-4-5-8-14;20-18(13-4-2-1-3-5-13)16-12-17(23)15-6-9-22(19(15)21-16)14-7-10-24-11-8-14;1-19(2,3)27-18(26)23-8-7-13(11-23)24-16-14(10-20-24)17(25)22-15(21-16)9-12-5-4-6-12;1-24-14-4-2-12(3-5-14)10-16-20-17-15(18(23)21-16)11-19-22(17)13-6-8-25-9-7-13/h12,14-15H,4-11,13H2,1-3H3,(H,23,24,27);1-6,9,14,18H,7-8,10-12H2;10,12-13H,4-9,11H2,1-3H3,(H,21,22,25);2-5,11,13H,6-10H2,1H3,(H,20,21,23). The number of ether oxygens (including phenoxy) is 5. The molecule has 3 atom stereocenters. The largest absolute Gasteiger partial charge is 0.497 e. The summed E-state index contributed by atoms with van der Waals surface area (Å²) in [5.41, 5.74) is 2.93. The summed E-state index contributed by atoms with van der Waals surface area (Å²) < 4.78 is 49.4. The van der Waals surface area contributed by atoms with Crippen molar-refractivity contribution in [3.8, 4) is 5.75 Å². The van der Waals surface area contributed by atoms with Crippen LogP contribution in [0.5, 0.6) is 5.75 Å². The molecule has 12 heterocycles. The number of ketones is 1. The number of fused-ring (bicyclic) bond motifs is 4. The van der Waals surface area contributed by atoms with Crippen molar-refractivity contribution in [3.05, 3.63) is 151 Å². The number of alkyl halides is 1. The quantitative estimate of drug-likeness (QED) is 0.0966. The van der Waals surface area contributed by atoms with Gasteiger partial charge < -0.3 is 53.0 Å². The van der Waals surface area contributed by atoms with Crippen molar-refractivity contribution in [1.82, 2.24) is 73.6 Å². The number of piperidine rings is 1. The molecule has 3 N–H and O–H groups in total. The van der Waals surface area contributed by atoms with Gasteiger partial charge in [0.15, 0.2) is 28.9 Å². The van der Waals surface area contributed by atoms with Gasteiger partial charge in [0.2, 0.25) is 0 Å². The molecule has 105 heavy (non-hydrogen) atoms. The number of carbonyl (C=O) groups is 3. The highest BCUT2D eigenvalue weighted by molar-refractivity contribution is 6.16. The van der Waals surface area contributed by atoms with Gasteiger partial charge in [-0.15, -0.1) is 0 Å². The number of aliphatic imine (C=N–C) groups is 1. The van der Waals surface area contributed by atoms with E-state index >= 15 is 0 Å². The normalized spacial score (nSPS) is 19.4. The van der Waals surface area contributed by atoms with Gasteiger partial charge in [-0.25, -0.2) is 48.0 Å². The lowest BCUT2D eigenvalue weighted by Gasteiger charge is -2.34. The first-order valence-corrected chi connectivity index (χ1v) is 37.2. The van der Waals surface area contributed by atoms with Crippen LogP contribution in [0.15, 0.2) is 105 Å². The third-order valence-corrected chi connectivity index (χ3v) is 20.6. The molecular formula is C77H97FN16O11. The monoisotopic (exact) mass is 1440 g/mol. The molecule has 4 saturated heterocycles. The number of nitrogens with zero attached hydrogens (tertiary/aromatic N) is 13. The van der Waals surface area contributed by atoms with E-state index in [1.807, 2.05) is 98.1 Å². The van der Waals surface area contributed by atoms with Crippen molar-refractivity contribution in [2.75, 3.05) is 59.7 Å². The number of H-pyrrole nitrogens is 3. The number of likely N-dealkylation sites (tertiary alicyclic amines) is 2. The highest BCUT2D eigenvalue weighted by atomic mass is 19.1. The van der Waals surface area contributed by atoms with Crippen molar-refractivity contribution >= 4 is 62.6 Å². The molecule has 0 bridgehead atoms. The molecule has 6 fully saturated rings. The number of rotatable bonds is 13. The number of amides is 2. The lowest BCUT2D eigenvalue weighted by molar-refractivity contribution is 0.0168. The van der Waals surface area contributed by atoms with Crippen LogP contribution in [-0.4, -0.2) is 168 Å². The van der Waals surface area contributed by atoms with Gasteiger partial charge in [0.1, 0.15) is 56.4 Å². The zero-order valence-corrected chi connectivity index (χ0v) is 61.2. The summed E-state index contributed by atoms with van der Waals surface area (Å²) in [6.07, 6.45) is 21.6. The van der Waals surface area contributed by atoms with E-state index < -0.39 is 17.4 Å². The molecule has 5 aliphatic heterocycles. The van der Waals surface area contributed by atoms with Gasteiger partial charge >= 0.3 is 12.2 Å². The van der Waals surface area contributed by atoms with Crippen molar-refractivity contribution in [1.29, 1.82) is 0 Å². The predicted octanol–water partition coefficient (Wildman–Crippen LogP) is 12.3. The number of nitrogens with one attached hydrogen (secondary N) is 3. The molecule has 2 aliphatic carbocycles. The zero-order valence-electron chi connectivity index (χ0n) is 61.2. The number of hydrogen-bond donors (Lipinski definition) is 3. The summed E-state index contributed by atoms with van der Waals surface area (Å²) in [5, 5.41) is 14.8. The fourth-order valence-corrected chi connectivity index (χ4v) is 14.9. The molecule has 16 rings (SSSR count). The average molecular weight is 1440 g/mol. The van der Waals surface area contributed by atoms with Crippen LogP contribution in [0.4, 0.5) is 19.8 Å². The lowest BCUT2D eigenvalue weighted by Crippen LogP contribution is -2.43. The summed E-state index contributed by atoms with van der Waals surface area (Å²) in [4.78, 5) is 105. The average Bonchev–Trinajstić information content (AvgIpc) is 1.64. The Kier molecular flexibility index (Phi) is 22.7. The highest BCUT2D eigenvalue weighted by Gasteiger charge is 2.35. The van der Waals surface area contributed by atoms with E-state index in [2.05, 4.69) is 40.2 Å². The number of halogens is 1. The Morgan fingerprint density at radius 2 is 1.05 bits per heavy atom. The number of hydrogen-bond acceptors (Lipinski definition) is 18. The summed E-state index contributed by atoms with van der Waals surface area (Å²) in [7, 11) is 1.64. The fraction of sp³-hybridized carbons (Fsp3) is 0.545. The molecule has 0 radical (unpaired) electrons. The summed E-state index contributed by atoms with van der Waals surface area (Å²) in [6, 6.07) is 18.9. The van der Waals surface area contributed by atoms with Gasteiger partial charge in [0.25, 0.3) is 16.7 Å². The lowest BCUT2D eigenvalue weighted by atomic mass is 9.83. The minimum atomic E-state index is -1.35. The molecule has 28 heteroatoms. The van der Waals surface area contributed by atoms with Gasteiger partial charge in [-0.05, 0) is 128 Å². The van der Waals surface area contributed by atoms with Gasteiger partial charge in [-0.1, -0.05) is 87.4 Å². The molecule has 558 valence electrons. The van der Waals surface area contributed by atoms with E-state index in [4.69, 9.17) is 33.7 Å². The molecule has 2 saturated carbocycles. The second-order valence-electron chi connectivity index (χ2n) is 30.6. The number of aromatic nitrogens is 13. The van der Waals surface area contributed by atoms with Gasteiger partial charge in [0.05, 0.1) is 61.5 Å². The molecule has 9 aromatic rings. The maximum absolute atomic E-state index is 14.9. The second-order valence-corrected chi connectivity index (χ2v) is 30.6. The first-order chi connectivity index (χ1) is 50.6. The maximum atomic E-state index is 14.9. The molecule has 2 aromatic carbocycles. The van der Waals surface area contributed by atoms with Crippen LogP contribution in [0.25, 0.3) is 33.1 Å². The van der Waals surface area contributed by atoms with Crippen molar-refractivity contribution in [2.45, 2.75) is 199 Å². The number of Topliss-reactive ketones (excluding diaryl/α,β-unsaturated/α-hetero) is 1. The SMILES string of the molecule is CC(C)(C)OC(=O)N1CCC(n2ncc3c(=O)[nH]c(CC4CCC4)nc32)C1.CC(C)(C)OC(=O)N1CCCC(n2ncc3c(=O)[nH]c(CC4CCCC4)nc32)C1.COc1ccc(Cc2nc3c(cnn3C3CCOCC3)c(=O)[nH]2)cc1.O=C1CC(C(F)c2ccccc2)=Nc2c1ccn2C1CCOCC1. The number of benzene rings is 2. The van der Waals surface area contributed by atoms with Crippen LogP contribution < -0.4 is 21.4 Å². The van der Waals surface area contributed by atoms with Crippen LogP contribution in [0, 0.1) is 11.8 Å². The van der Waals surface area contributed by atoms with E-state index in [1.54, 1.807) is 64.4 Å². The van der Waals surface area contributed by atoms with Crippen molar-refractivity contribution in [2.24, 2.45) is 16.8 Å². The third kappa shape index (κ3) is 17.8. The van der Waals surface area contributed by atoms with Crippen LogP contribution >= 0.6 is 0 Å². The number of carbonyl (C=O) groups excluding carboxylic acids is 3. The second kappa shape index (κ2) is 32.3. The molecule has 2 amide bonds. The van der Waals surface area contributed by atoms with Crippen LogP contribution in [0.3, 0.4) is 0 Å². The fourth-order valence-electron chi connectivity index (χ4n) is 14.9. The Morgan fingerprint density at radius 1 is 0.562 bits per heavy atom. The van der Waals surface area contributed by atoms with Gasteiger partial charge in [-0.2, -0.15) is 15.3 Å². The zero-order chi connectivity index (χ0) is 73.5. The molecule has 7 aromatic heterocycles. The molecule has 27 nitrogen and oxygen atoms in total.